The minimum Gasteiger partial charge on any atom is -0.494 e. The molecule has 2 aliphatic rings. The fourth-order valence-corrected chi connectivity index (χ4v) is 3.12. The van der Waals surface area contributed by atoms with Gasteiger partial charge >= 0.3 is 0 Å². The van der Waals surface area contributed by atoms with Crippen LogP contribution in [0.15, 0.2) is 16.9 Å². The molecule has 2 saturated heterocycles. The normalized spacial score (nSPS) is 27.3. The van der Waals surface area contributed by atoms with Gasteiger partial charge in [0, 0.05) is 25.2 Å². The largest absolute Gasteiger partial charge is 0.494 e. The number of pyridine rings is 1. The number of ether oxygens (including phenoxy) is 1. The molecule has 2 fully saturated rings. The van der Waals surface area contributed by atoms with Gasteiger partial charge in [0.15, 0.2) is 5.75 Å². The lowest BCUT2D eigenvalue weighted by atomic mass is 9.83. The second-order valence-electron chi connectivity index (χ2n) is 4.66. The van der Waals surface area contributed by atoms with Crippen LogP contribution in [0.4, 0.5) is 5.69 Å². The standard InChI is InChI=1S/C12H16BrN3O/c1-17-11-4-9(5-15-12(11)13)16-7-8-2-3-14-6-10(8)16/h4-5,8,10,14H,2-3,6-7H2,1H3/t8-,10-/m0/s1. The van der Waals surface area contributed by atoms with Crippen molar-refractivity contribution in [2.24, 2.45) is 5.92 Å². The van der Waals surface area contributed by atoms with Crippen molar-refractivity contribution in [2.75, 3.05) is 31.6 Å². The van der Waals surface area contributed by atoms with Gasteiger partial charge in [-0.2, -0.15) is 0 Å². The van der Waals surface area contributed by atoms with Crippen molar-refractivity contribution in [3.63, 3.8) is 0 Å². The third-order valence-corrected chi connectivity index (χ3v) is 4.36. The fraction of sp³-hybridized carbons (Fsp3) is 0.583. The first kappa shape index (κ1) is 11.3. The van der Waals surface area contributed by atoms with Crippen molar-refractivity contribution in [3.05, 3.63) is 16.9 Å². The summed E-state index contributed by atoms with van der Waals surface area (Å²) in [6.45, 7) is 3.40. The number of aromatic nitrogens is 1. The first-order valence-electron chi connectivity index (χ1n) is 5.96. The lowest BCUT2D eigenvalue weighted by Gasteiger charge is -2.52. The van der Waals surface area contributed by atoms with Gasteiger partial charge in [-0.1, -0.05) is 0 Å². The van der Waals surface area contributed by atoms with Crippen LogP contribution in [0.1, 0.15) is 6.42 Å². The highest BCUT2D eigenvalue weighted by Gasteiger charge is 2.40. The van der Waals surface area contributed by atoms with E-state index < -0.39 is 0 Å². The van der Waals surface area contributed by atoms with Gasteiger partial charge in [-0.05, 0) is 34.8 Å². The molecule has 1 aromatic heterocycles. The molecule has 0 radical (unpaired) electrons. The molecule has 1 aromatic rings. The molecule has 3 rings (SSSR count). The molecule has 4 nitrogen and oxygen atoms in total. The SMILES string of the molecule is COc1cc(N2C[C@@H]3CCNC[C@@H]32)cnc1Br. The van der Waals surface area contributed by atoms with Crippen molar-refractivity contribution in [3.8, 4) is 5.75 Å². The van der Waals surface area contributed by atoms with Gasteiger partial charge in [0.2, 0.25) is 0 Å². The van der Waals surface area contributed by atoms with E-state index in [1.807, 2.05) is 6.20 Å². The Balaban J connectivity index is 1.81. The Hall–Kier alpha value is -0.810. The molecule has 0 saturated carbocycles. The van der Waals surface area contributed by atoms with Crippen LogP contribution in [-0.4, -0.2) is 37.8 Å². The van der Waals surface area contributed by atoms with E-state index in [1.165, 1.54) is 6.42 Å². The summed E-state index contributed by atoms with van der Waals surface area (Å²) in [5.41, 5.74) is 1.16. The van der Waals surface area contributed by atoms with Gasteiger partial charge in [0.05, 0.1) is 19.0 Å². The van der Waals surface area contributed by atoms with E-state index in [9.17, 15) is 0 Å². The van der Waals surface area contributed by atoms with E-state index >= 15 is 0 Å². The van der Waals surface area contributed by atoms with Crippen LogP contribution < -0.4 is 15.0 Å². The zero-order valence-electron chi connectivity index (χ0n) is 9.82. The molecule has 17 heavy (non-hydrogen) atoms. The molecule has 0 spiro atoms. The minimum absolute atomic E-state index is 0.636. The van der Waals surface area contributed by atoms with Gasteiger partial charge < -0.3 is 15.0 Å². The summed E-state index contributed by atoms with van der Waals surface area (Å²) < 4.78 is 6.06. The van der Waals surface area contributed by atoms with Crippen molar-refractivity contribution in [1.82, 2.24) is 10.3 Å². The van der Waals surface area contributed by atoms with Crippen molar-refractivity contribution >= 4 is 21.6 Å². The summed E-state index contributed by atoms with van der Waals surface area (Å²) in [5, 5.41) is 3.45. The van der Waals surface area contributed by atoms with E-state index in [1.54, 1.807) is 7.11 Å². The lowest BCUT2D eigenvalue weighted by Crippen LogP contribution is -2.63. The number of nitrogens with zero attached hydrogens (tertiary/aromatic N) is 2. The Morgan fingerprint density at radius 2 is 2.47 bits per heavy atom. The molecule has 0 bridgehead atoms. The van der Waals surface area contributed by atoms with Gasteiger partial charge in [-0.3, -0.25) is 0 Å². The van der Waals surface area contributed by atoms with Gasteiger partial charge in [-0.15, -0.1) is 0 Å². The molecule has 0 aliphatic carbocycles. The van der Waals surface area contributed by atoms with E-state index in [4.69, 9.17) is 4.74 Å². The minimum atomic E-state index is 0.636. The maximum Gasteiger partial charge on any atom is 0.153 e. The van der Waals surface area contributed by atoms with Crippen molar-refractivity contribution in [2.45, 2.75) is 12.5 Å². The summed E-state index contributed by atoms with van der Waals surface area (Å²) in [7, 11) is 1.67. The van der Waals surface area contributed by atoms with E-state index in [-0.39, 0.29) is 0 Å². The highest BCUT2D eigenvalue weighted by molar-refractivity contribution is 9.10. The van der Waals surface area contributed by atoms with Crippen LogP contribution >= 0.6 is 15.9 Å². The number of halogens is 1. The number of hydrogen-bond acceptors (Lipinski definition) is 4. The van der Waals surface area contributed by atoms with Gasteiger partial charge in [0.1, 0.15) is 4.60 Å². The second-order valence-corrected chi connectivity index (χ2v) is 5.41. The predicted molar refractivity (Wildman–Crippen MR) is 70.6 cm³/mol. The number of nitrogens with one attached hydrogen (secondary N) is 1. The van der Waals surface area contributed by atoms with E-state index in [0.717, 1.165) is 41.6 Å². The van der Waals surface area contributed by atoms with Crippen LogP contribution in [-0.2, 0) is 0 Å². The second kappa shape index (κ2) is 4.46. The number of fused-ring (bicyclic) bond motifs is 1. The Morgan fingerprint density at radius 3 is 3.24 bits per heavy atom. The summed E-state index contributed by atoms with van der Waals surface area (Å²) >= 11 is 3.38. The van der Waals surface area contributed by atoms with Crippen molar-refractivity contribution < 1.29 is 4.74 Å². The quantitative estimate of drug-likeness (QED) is 0.843. The molecular weight excluding hydrogens is 282 g/mol. The number of piperidine rings is 1. The van der Waals surface area contributed by atoms with Crippen molar-refractivity contribution in [1.29, 1.82) is 0 Å². The summed E-state index contributed by atoms with van der Waals surface area (Å²) in [5.74, 6) is 1.65. The van der Waals surface area contributed by atoms with Crippen LogP contribution in [0.5, 0.6) is 5.75 Å². The maximum absolute atomic E-state index is 5.29. The Bertz CT molecular complexity index is 426. The molecule has 2 atom stereocenters. The highest BCUT2D eigenvalue weighted by Crippen LogP contribution is 2.36. The monoisotopic (exact) mass is 297 g/mol. The van der Waals surface area contributed by atoms with Crippen LogP contribution in [0, 0.1) is 5.92 Å². The topological polar surface area (TPSA) is 37.4 Å². The summed E-state index contributed by atoms with van der Waals surface area (Å²) in [6.07, 6.45) is 3.21. The fourth-order valence-electron chi connectivity index (χ4n) is 2.74. The van der Waals surface area contributed by atoms with Crippen LogP contribution in [0.3, 0.4) is 0 Å². The molecule has 92 valence electrons. The average molecular weight is 298 g/mol. The Kier molecular flexibility index (Phi) is 2.96. The van der Waals surface area contributed by atoms with Crippen LogP contribution in [0.2, 0.25) is 0 Å². The zero-order valence-corrected chi connectivity index (χ0v) is 11.4. The predicted octanol–water partition coefficient (Wildman–Crippen LogP) is 1.65. The Morgan fingerprint density at radius 1 is 1.59 bits per heavy atom. The number of rotatable bonds is 2. The molecule has 0 amide bonds. The molecule has 1 N–H and O–H groups in total. The summed E-state index contributed by atoms with van der Waals surface area (Å²) in [6, 6.07) is 2.69. The average Bonchev–Trinajstić information content (AvgIpc) is 2.33. The smallest absolute Gasteiger partial charge is 0.153 e. The molecule has 5 heteroatoms. The first-order chi connectivity index (χ1) is 8.29. The molecular formula is C12H16BrN3O. The molecule has 3 heterocycles. The molecule has 2 aliphatic heterocycles. The van der Waals surface area contributed by atoms with Gasteiger partial charge in [0.25, 0.3) is 0 Å². The lowest BCUT2D eigenvalue weighted by molar-refractivity contribution is 0.228. The zero-order chi connectivity index (χ0) is 11.8. The summed E-state index contributed by atoms with van der Waals surface area (Å²) in [4.78, 5) is 6.74. The molecule has 0 unspecified atom stereocenters. The third-order valence-electron chi connectivity index (χ3n) is 3.77. The maximum atomic E-state index is 5.29. The highest BCUT2D eigenvalue weighted by atomic mass is 79.9. The molecule has 0 aromatic carbocycles. The van der Waals surface area contributed by atoms with Gasteiger partial charge in [-0.25, -0.2) is 4.98 Å². The van der Waals surface area contributed by atoms with E-state index in [0.29, 0.717) is 6.04 Å². The first-order valence-corrected chi connectivity index (χ1v) is 6.76. The van der Waals surface area contributed by atoms with E-state index in [2.05, 4.69) is 37.2 Å². The Labute approximate surface area is 109 Å². The number of anilines is 1. The number of methoxy groups -OCH3 is 1. The number of hydrogen-bond donors (Lipinski definition) is 1. The third kappa shape index (κ3) is 1.91. The van der Waals surface area contributed by atoms with Crippen LogP contribution in [0.25, 0.3) is 0 Å².